The molecule has 3 N–H and O–H groups in total. The topological polar surface area (TPSA) is 85.1 Å². The monoisotopic (exact) mass is 305 g/mol. The first kappa shape index (κ1) is 13.7. The van der Waals surface area contributed by atoms with Gasteiger partial charge in [-0.25, -0.2) is 22.2 Å². The van der Waals surface area contributed by atoms with Gasteiger partial charge in [-0.15, -0.1) is 11.3 Å². The minimum absolute atomic E-state index is 0.0692. The van der Waals surface area contributed by atoms with E-state index in [4.69, 9.17) is 5.73 Å². The Morgan fingerprint density at radius 1 is 1.37 bits per heavy atom. The summed E-state index contributed by atoms with van der Waals surface area (Å²) < 4.78 is 52.6. The molecule has 0 atom stereocenters. The normalized spacial score (nSPS) is 11.5. The van der Waals surface area contributed by atoms with Crippen molar-refractivity contribution in [3.05, 3.63) is 34.8 Å². The van der Waals surface area contributed by atoms with E-state index in [1.54, 1.807) is 12.3 Å². The maximum atomic E-state index is 13.5. The number of aryl methyl sites for hydroxylation is 1. The van der Waals surface area contributed by atoms with Crippen LogP contribution in [0.25, 0.3) is 0 Å². The largest absolute Gasteiger partial charge is 0.399 e. The number of thiazole rings is 1. The number of nitrogen functional groups attached to an aromatic ring is 1. The van der Waals surface area contributed by atoms with Crippen molar-refractivity contribution in [2.75, 3.05) is 10.5 Å². The third-order valence-electron chi connectivity index (χ3n) is 2.15. The molecule has 0 radical (unpaired) electrons. The molecule has 1 aromatic heterocycles. The summed E-state index contributed by atoms with van der Waals surface area (Å²) in [6, 6.07) is 1.56. The van der Waals surface area contributed by atoms with Crippen molar-refractivity contribution in [3.63, 3.8) is 0 Å². The molecule has 0 aliphatic rings. The van der Waals surface area contributed by atoms with Crippen molar-refractivity contribution in [1.29, 1.82) is 0 Å². The van der Waals surface area contributed by atoms with E-state index >= 15 is 0 Å². The van der Waals surface area contributed by atoms with Crippen LogP contribution in [0.4, 0.5) is 19.6 Å². The van der Waals surface area contributed by atoms with Crippen LogP contribution in [0, 0.1) is 18.6 Å². The highest BCUT2D eigenvalue weighted by atomic mass is 32.2. The standard InChI is InChI=1S/C10H9F2N3O2S2/c1-5-4-18-10(14-5)15-19(16,17)8-3-6(13)2-7(11)9(8)12/h2-4H,13H2,1H3,(H,14,15). The number of rotatable bonds is 3. The summed E-state index contributed by atoms with van der Waals surface area (Å²) in [7, 11) is -4.27. The highest BCUT2D eigenvalue weighted by Crippen LogP contribution is 2.24. The first-order valence-electron chi connectivity index (χ1n) is 4.99. The van der Waals surface area contributed by atoms with Gasteiger partial charge in [0.1, 0.15) is 4.90 Å². The second-order valence-corrected chi connectivity index (χ2v) is 6.22. The molecule has 0 aliphatic carbocycles. The van der Waals surface area contributed by atoms with Gasteiger partial charge in [0, 0.05) is 11.1 Å². The number of anilines is 2. The van der Waals surface area contributed by atoms with Gasteiger partial charge in [0.05, 0.1) is 5.69 Å². The van der Waals surface area contributed by atoms with Crippen molar-refractivity contribution < 1.29 is 17.2 Å². The Morgan fingerprint density at radius 2 is 2.05 bits per heavy atom. The molecule has 0 bridgehead atoms. The van der Waals surface area contributed by atoms with E-state index in [1.165, 1.54) is 0 Å². The first-order valence-corrected chi connectivity index (χ1v) is 7.35. The van der Waals surface area contributed by atoms with Gasteiger partial charge >= 0.3 is 0 Å². The molecule has 1 aromatic carbocycles. The molecular weight excluding hydrogens is 296 g/mol. The molecule has 0 fully saturated rings. The number of aromatic nitrogens is 1. The van der Waals surface area contributed by atoms with Gasteiger partial charge in [0.2, 0.25) is 0 Å². The van der Waals surface area contributed by atoms with E-state index < -0.39 is 26.6 Å². The second-order valence-electron chi connectivity index (χ2n) is 3.71. The molecule has 19 heavy (non-hydrogen) atoms. The number of nitrogens with zero attached hydrogens (tertiary/aromatic N) is 1. The molecule has 0 unspecified atom stereocenters. The lowest BCUT2D eigenvalue weighted by Gasteiger charge is -2.07. The fourth-order valence-corrected chi connectivity index (χ4v) is 3.41. The van der Waals surface area contributed by atoms with Gasteiger partial charge in [0.25, 0.3) is 10.0 Å². The minimum atomic E-state index is -4.27. The molecule has 102 valence electrons. The lowest BCUT2D eigenvalue weighted by atomic mass is 10.3. The molecule has 1 heterocycles. The number of nitrogens with one attached hydrogen (secondary N) is 1. The van der Waals surface area contributed by atoms with Crippen molar-refractivity contribution >= 4 is 32.2 Å². The predicted molar refractivity (Wildman–Crippen MR) is 68.4 cm³/mol. The molecule has 2 rings (SSSR count). The van der Waals surface area contributed by atoms with Crippen LogP contribution in [0.15, 0.2) is 22.4 Å². The van der Waals surface area contributed by atoms with Gasteiger partial charge in [-0.1, -0.05) is 0 Å². The average molecular weight is 305 g/mol. The Kier molecular flexibility index (Phi) is 3.42. The quantitative estimate of drug-likeness (QED) is 0.851. The lowest BCUT2D eigenvalue weighted by Crippen LogP contribution is -2.15. The smallest absolute Gasteiger partial charge is 0.266 e. The predicted octanol–water partition coefficient (Wildman–Crippen LogP) is 2.11. The molecule has 5 nitrogen and oxygen atoms in total. The summed E-state index contributed by atoms with van der Waals surface area (Å²) in [5, 5.41) is 1.69. The Morgan fingerprint density at radius 3 is 2.63 bits per heavy atom. The highest BCUT2D eigenvalue weighted by molar-refractivity contribution is 7.93. The maximum Gasteiger partial charge on any atom is 0.266 e. The SMILES string of the molecule is Cc1csc(NS(=O)(=O)c2cc(N)cc(F)c2F)n1. The van der Waals surface area contributed by atoms with Crippen molar-refractivity contribution in [2.24, 2.45) is 0 Å². The van der Waals surface area contributed by atoms with Crippen LogP contribution in [-0.2, 0) is 10.0 Å². The number of sulfonamides is 1. The van der Waals surface area contributed by atoms with E-state index in [1.807, 2.05) is 0 Å². The van der Waals surface area contributed by atoms with Gasteiger partial charge in [-0.2, -0.15) is 0 Å². The number of hydrogen-bond acceptors (Lipinski definition) is 5. The van der Waals surface area contributed by atoms with E-state index in [-0.39, 0.29) is 10.8 Å². The van der Waals surface area contributed by atoms with Crippen molar-refractivity contribution in [1.82, 2.24) is 4.98 Å². The Hall–Kier alpha value is -1.74. The third kappa shape index (κ3) is 2.82. The minimum Gasteiger partial charge on any atom is -0.399 e. The van der Waals surface area contributed by atoms with Crippen LogP contribution in [0.3, 0.4) is 0 Å². The molecule has 9 heteroatoms. The van der Waals surface area contributed by atoms with Gasteiger partial charge < -0.3 is 5.73 Å². The lowest BCUT2D eigenvalue weighted by molar-refractivity contribution is 0.486. The van der Waals surface area contributed by atoms with Crippen LogP contribution in [0.1, 0.15) is 5.69 Å². The van der Waals surface area contributed by atoms with Crippen LogP contribution < -0.4 is 10.5 Å². The zero-order chi connectivity index (χ0) is 14.2. The zero-order valence-electron chi connectivity index (χ0n) is 9.65. The molecule has 0 saturated carbocycles. The molecule has 0 aliphatic heterocycles. The Balaban J connectivity index is 2.45. The van der Waals surface area contributed by atoms with E-state index in [9.17, 15) is 17.2 Å². The number of benzene rings is 1. The molecule has 2 aromatic rings. The van der Waals surface area contributed by atoms with Gasteiger partial charge in [-0.3, -0.25) is 4.72 Å². The third-order valence-corrected chi connectivity index (χ3v) is 4.49. The maximum absolute atomic E-state index is 13.5. The van der Waals surface area contributed by atoms with Crippen LogP contribution in [-0.4, -0.2) is 13.4 Å². The van der Waals surface area contributed by atoms with Gasteiger partial charge in [0.15, 0.2) is 16.8 Å². The number of halogens is 2. The molecular formula is C10H9F2N3O2S2. The molecule has 0 amide bonds. The average Bonchev–Trinajstić information content (AvgIpc) is 2.68. The summed E-state index contributed by atoms with van der Waals surface area (Å²) in [5.74, 6) is -2.80. The van der Waals surface area contributed by atoms with E-state index in [0.29, 0.717) is 11.8 Å². The first-order chi connectivity index (χ1) is 8.79. The fourth-order valence-electron chi connectivity index (χ4n) is 1.35. The van der Waals surface area contributed by atoms with Crippen LogP contribution in [0.5, 0.6) is 0 Å². The Bertz CT molecular complexity index is 728. The summed E-state index contributed by atoms with van der Waals surface area (Å²) in [4.78, 5) is 3.03. The van der Waals surface area contributed by atoms with Gasteiger partial charge in [-0.05, 0) is 19.1 Å². The van der Waals surface area contributed by atoms with Crippen LogP contribution in [0.2, 0.25) is 0 Å². The number of hydrogen-bond donors (Lipinski definition) is 2. The number of nitrogens with two attached hydrogens (primary N) is 1. The second kappa shape index (κ2) is 4.74. The summed E-state index contributed by atoms with van der Waals surface area (Å²) >= 11 is 1.04. The Labute approximate surface area is 112 Å². The van der Waals surface area contributed by atoms with Crippen molar-refractivity contribution in [2.45, 2.75) is 11.8 Å². The molecule has 0 saturated heterocycles. The van der Waals surface area contributed by atoms with E-state index in [2.05, 4.69) is 9.71 Å². The fraction of sp³-hybridized carbons (Fsp3) is 0.100. The summed E-state index contributed by atoms with van der Waals surface area (Å²) in [5.41, 5.74) is 5.74. The summed E-state index contributed by atoms with van der Waals surface area (Å²) in [6.45, 7) is 1.68. The highest BCUT2D eigenvalue weighted by Gasteiger charge is 2.23. The van der Waals surface area contributed by atoms with E-state index in [0.717, 1.165) is 17.4 Å². The zero-order valence-corrected chi connectivity index (χ0v) is 11.3. The van der Waals surface area contributed by atoms with Crippen LogP contribution >= 0.6 is 11.3 Å². The molecule has 0 spiro atoms. The summed E-state index contributed by atoms with van der Waals surface area (Å²) in [6.07, 6.45) is 0. The van der Waals surface area contributed by atoms with Crippen molar-refractivity contribution in [3.8, 4) is 0 Å².